The zero-order valence-corrected chi connectivity index (χ0v) is 11.7. The second kappa shape index (κ2) is 5.77. The molecule has 0 aromatic heterocycles. The molecule has 2 aromatic carbocycles. The second-order valence-corrected chi connectivity index (χ2v) is 5.08. The van der Waals surface area contributed by atoms with Crippen molar-refractivity contribution in [1.82, 2.24) is 0 Å². The van der Waals surface area contributed by atoms with E-state index in [1.807, 2.05) is 24.3 Å². The Morgan fingerprint density at radius 2 is 1.84 bits per heavy atom. The molecule has 96 valence electrons. The smallest absolute Gasteiger partial charge is 0.0992 e. The summed E-state index contributed by atoms with van der Waals surface area (Å²) in [5.41, 5.74) is 3.66. The fourth-order valence-corrected chi connectivity index (χ4v) is 2.17. The topological polar surface area (TPSA) is 35.8 Å². The lowest BCUT2D eigenvalue weighted by molar-refractivity contribution is 0.869. The summed E-state index contributed by atoms with van der Waals surface area (Å²) in [6.07, 6.45) is 0. The van der Waals surface area contributed by atoms with Crippen LogP contribution in [0.5, 0.6) is 0 Å². The van der Waals surface area contributed by atoms with Gasteiger partial charge in [0.25, 0.3) is 0 Å². The lowest BCUT2D eigenvalue weighted by Gasteiger charge is -2.15. The van der Waals surface area contributed by atoms with E-state index in [4.69, 9.17) is 16.9 Å². The first-order valence-corrected chi connectivity index (χ1v) is 6.55. The van der Waals surface area contributed by atoms with Gasteiger partial charge in [0, 0.05) is 5.69 Å². The van der Waals surface area contributed by atoms with Crippen molar-refractivity contribution in [3.05, 3.63) is 58.6 Å². The van der Waals surface area contributed by atoms with Gasteiger partial charge in [0.05, 0.1) is 22.3 Å². The van der Waals surface area contributed by atoms with E-state index >= 15 is 0 Å². The highest BCUT2D eigenvalue weighted by atomic mass is 35.5. The van der Waals surface area contributed by atoms with Crippen LogP contribution in [-0.2, 0) is 0 Å². The first kappa shape index (κ1) is 13.5. The molecule has 3 heteroatoms. The van der Waals surface area contributed by atoms with E-state index < -0.39 is 0 Å². The van der Waals surface area contributed by atoms with Gasteiger partial charge in [-0.1, -0.05) is 43.6 Å². The molecule has 2 rings (SSSR count). The number of para-hydroxylation sites is 1. The lowest BCUT2D eigenvalue weighted by Crippen LogP contribution is -1.98. The van der Waals surface area contributed by atoms with Crippen molar-refractivity contribution in [2.45, 2.75) is 19.8 Å². The Morgan fingerprint density at radius 3 is 2.47 bits per heavy atom. The molecule has 19 heavy (non-hydrogen) atoms. The van der Waals surface area contributed by atoms with E-state index in [-0.39, 0.29) is 0 Å². The van der Waals surface area contributed by atoms with Gasteiger partial charge < -0.3 is 5.32 Å². The number of nitrogens with zero attached hydrogens (tertiary/aromatic N) is 1. The van der Waals surface area contributed by atoms with E-state index in [2.05, 4.69) is 31.3 Å². The summed E-state index contributed by atoms with van der Waals surface area (Å²) in [6, 6.07) is 15.5. The van der Waals surface area contributed by atoms with Crippen LogP contribution in [0.15, 0.2) is 42.5 Å². The summed E-state index contributed by atoms with van der Waals surface area (Å²) in [6.45, 7) is 4.31. The van der Waals surface area contributed by atoms with Crippen molar-refractivity contribution in [3.63, 3.8) is 0 Å². The number of rotatable bonds is 3. The molecular formula is C16H15ClN2. The summed E-state index contributed by atoms with van der Waals surface area (Å²) in [5.74, 6) is 0.431. The summed E-state index contributed by atoms with van der Waals surface area (Å²) in [7, 11) is 0. The molecule has 0 atom stereocenters. The number of anilines is 2. The number of nitriles is 1. The van der Waals surface area contributed by atoms with Crippen LogP contribution in [-0.4, -0.2) is 0 Å². The molecule has 2 nitrogen and oxygen atoms in total. The summed E-state index contributed by atoms with van der Waals surface area (Å²) >= 11 is 6.18. The third-order valence-corrected chi connectivity index (χ3v) is 3.26. The van der Waals surface area contributed by atoms with Crippen molar-refractivity contribution in [3.8, 4) is 6.07 Å². The summed E-state index contributed by atoms with van der Waals surface area (Å²) in [4.78, 5) is 0. The molecular weight excluding hydrogens is 256 g/mol. The van der Waals surface area contributed by atoms with Crippen LogP contribution in [0.3, 0.4) is 0 Å². The van der Waals surface area contributed by atoms with Gasteiger partial charge in [-0.15, -0.1) is 0 Å². The Labute approximate surface area is 118 Å². The SMILES string of the molecule is CC(C)c1ccccc1Nc1ccc(C#N)cc1Cl. The number of hydrogen-bond donors (Lipinski definition) is 1. The monoisotopic (exact) mass is 270 g/mol. The zero-order chi connectivity index (χ0) is 13.8. The standard InChI is InChI=1S/C16H15ClN2/c1-11(2)13-5-3-4-6-15(13)19-16-8-7-12(10-18)9-14(16)17/h3-9,11,19H,1-2H3. The molecule has 0 saturated heterocycles. The normalized spacial score (nSPS) is 10.3. The number of nitrogens with one attached hydrogen (secondary N) is 1. The van der Waals surface area contributed by atoms with Crippen molar-refractivity contribution < 1.29 is 0 Å². The van der Waals surface area contributed by atoms with Crippen LogP contribution in [0.25, 0.3) is 0 Å². The van der Waals surface area contributed by atoms with Crippen molar-refractivity contribution in [2.75, 3.05) is 5.32 Å². The van der Waals surface area contributed by atoms with Crippen LogP contribution in [0.2, 0.25) is 5.02 Å². The van der Waals surface area contributed by atoms with Crippen LogP contribution in [0.1, 0.15) is 30.9 Å². The molecule has 0 spiro atoms. The molecule has 1 N–H and O–H groups in total. The van der Waals surface area contributed by atoms with Crippen molar-refractivity contribution in [2.24, 2.45) is 0 Å². The van der Waals surface area contributed by atoms with Gasteiger partial charge in [-0.25, -0.2) is 0 Å². The molecule has 0 saturated carbocycles. The maximum absolute atomic E-state index is 8.83. The van der Waals surface area contributed by atoms with Crippen molar-refractivity contribution in [1.29, 1.82) is 5.26 Å². The van der Waals surface area contributed by atoms with Gasteiger partial charge in [0.15, 0.2) is 0 Å². The molecule has 0 aliphatic rings. The fourth-order valence-electron chi connectivity index (χ4n) is 1.95. The molecule has 0 heterocycles. The summed E-state index contributed by atoms with van der Waals surface area (Å²) in [5, 5.41) is 12.7. The quantitative estimate of drug-likeness (QED) is 0.844. The van der Waals surface area contributed by atoms with E-state index in [1.165, 1.54) is 5.56 Å². The molecule has 0 bridgehead atoms. The van der Waals surface area contributed by atoms with Gasteiger partial charge in [0.1, 0.15) is 0 Å². The largest absolute Gasteiger partial charge is 0.354 e. The Kier molecular flexibility index (Phi) is 4.09. The van der Waals surface area contributed by atoms with E-state index in [0.717, 1.165) is 11.4 Å². The Bertz CT molecular complexity index is 627. The van der Waals surface area contributed by atoms with E-state index in [0.29, 0.717) is 16.5 Å². The van der Waals surface area contributed by atoms with Crippen LogP contribution < -0.4 is 5.32 Å². The Morgan fingerprint density at radius 1 is 1.11 bits per heavy atom. The predicted octanol–water partition coefficient (Wildman–Crippen LogP) is 5.08. The average Bonchev–Trinajstić information content (AvgIpc) is 2.41. The van der Waals surface area contributed by atoms with Gasteiger partial charge in [-0.05, 0) is 35.7 Å². The van der Waals surface area contributed by atoms with Gasteiger partial charge in [-0.3, -0.25) is 0 Å². The highest BCUT2D eigenvalue weighted by molar-refractivity contribution is 6.33. The average molecular weight is 271 g/mol. The maximum Gasteiger partial charge on any atom is 0.0992 e. The number of benzene rings is 2. The number of halogens is 1. The molecule has 0 aliphatic carbocycles. The first-order valence-electron chi connectivity index (χ1n) is 6.17. The minimum Gasteiger partial charge on any atom is -0.354 e. The molecule has 0 amide bonds. The minimum absolute atomic E-state index is 0.431. The third kappa shape index (κ3) is 3.07. The van der Waals surface area contributed by atoms with Crippen LogP contribution >= 0.6 is 11.6 Å². The molecule has 0 unspecified atom stereocenters. The minimum atomic E-state index is 0.431. The van der Waals surface area contributed by atoms with Crippen LogP contribution in [0, 0.1) is 11.3 Å². The van der Waals surface area contributed by atoms with E-state index in [1.54, 1.807) is 12.1 Å². The second-order valence-electron chi connectivity index (χ2n) is 4.67. The molecule has 0 fully saturated rings. The van der Waals surface area contributed by atoms with E-state index in [9.17, 15) is 0 Å². The van der Waals surface area contributed by atoms with Gasteiger partial charge in [0.2, 0.25) is 0 Å². The third-order valence-electron chi connectivity index (χ3n) is 2.95. The Balaban J connectivity index is 2.34. The highest BCUT2D eigenvalue weighted by Gasteiger charge is 2.08. The maximum atomic E-state index is 8.83. The van der Waals surface area contributed by atoms with Crippen molar-refractivity contribution >= 4 is 23.0 Å². The first-order chi connectivity index (χ1) is 9.11. The number of hydrogen-bond acceptors (Lipinski definition) is 2. The highest BCUT2D eigenvalue weighted by Crippen LogP contribution is 2.30. The lowest BCUT2D eigenvalue weighted by atomic mass is 10.0. The zero-order valence-electron chi connectivity index (χ0n) is 10.9. The molecule has 2 aromatic rings. The van der Waals surface area contributed by atoms with Gasteiger partial charge in [-0.2, -0.15) is 5.26 Å². The predicted molar refractivity (Wildman–Crippen MR) is 80.0 cm³/mol. The fraction of sp³-hybridized carbons (Fsp3) is 0.188. The molecule has 0 aliphatic heterocycles. The molecule has 0 radical (unpaired) electrons. The Hall–Kier alpha value is -1.98. The van der Waals surface area contributed by atoms with Crippen LogP contribution in [0.4, 0.5) is 11.4 Å². The van der Waals surface area contributed by atoms with Gasteiger partial charge >= 0.3 is 0 Å². The summed E-state index contributed by atoms with van der Waals surface area (Å²) < 4.78 is 0.